The highest BCUT2D eigenvalue weighted by Gasteiger charge is 2.30. The fraction of sp³-hybridized carbons (Fsp3) is 0.750. The molecule has 0 rings (SSSR count). The normalized spacial score (nSPS) is 18.3. The lowest BCUT2D eigenvalue weighted by atomic mass is 10.1. The molecular weight excluding hydrogens is 238 g/mol. The fourth-order valence-corrected chi connectivity index (χ4v) is 0.950. The molecule has 0 aliphatic carbocycles. The van der Waals surface area contributed by atoms with Crippen molar-refractivity contribution < 1.29 is 29.6 Å². The van der Waals surface area contributed by atoms with E-state index in [-0.39, 0.29) is 12.0 Å². The van der Waals surface area contributed by atoms with Gasteiger partial charge in [-0.05, 0) is 0 Å². The van der Waals surface area contributed by atoms with Crippen molar-refractivity contribution in [2.75, 3.05) is 12.4 Å². The summed E-state index contributed by atoms with van der Waals surface area (Å²) < 4.78 is 4.54. The molecule has 0 saturated carbocycles. The van der Waals surface area contributed by atoms with Crippen molar-refractivity contribution in [1.82, 2.24) is 0 Å². The number of ether oxygens (including phenoxy) is 1. The molecule has 0 unspecified atom stereocenters. The van der Waals surface area contributed by atoms with E-state index in [1.807, 2.05) is 0 Å². The van der Waals surface area contributed by atoms with Crippen LogP contribution in [0.3, 0.4) is 0 Å². The highest BCUT2D eigenvalue weighted by molar-refractivity contribution is 7.80. The molecule has 0 heterocycles. The van der Waals surface area contributed by atoms with E-state index in [0.717, 1.165) is 0 Å². The minimum Gasteiger partial charge on any atom is -0.451 e. The van der Waals surface area contributed by atoms with E-state index >= 15 is 0 Å². The van der Waals surface area contributed by atoms with E-state index in [4.69, 9.17) is 15.9 Å². The SMILES string of the molecule is N[C@@H](CS)C(=O)O[C@@H](C=O)[C@@H](O)[C@H](O)CO. The summed E-state index contributed by atoms with van der Waals surface area (Å²) in [4.78, 5) is 21.7. The maximum absolute atomic E-state index is 11.1. The van der Waals surface area contributed by atoms with Crippen LogP contribution in [0.15, 0.2) is 0 Å². The van der Waals surface area contributed by atoms with E-state index < -0.39 is 36.9 Å². The van der Waals surface area contributed by atoms with Gasteiger partial charge in [0.25, 0.3) is 0 Å². The van der Waals surface area contributed by atoms with Gasteiger partial charge in [0.15, 0.2) is 12.4 Å². The van der Waals surface area contributed by atoms with Crippen LogP contribution in [-0.2, 0) is 14.3 Å². The van der Waals surface area contributed by atoms with Gasteiger partial charge in [-0.1, -0.05) is 0 Å². The first kappa shape index (κ1) is 15.3. The lowest BCUT2D eigenvalue weighted by Gasteiger charge is -2.22. The first-order chi connectivity index (χ1) is 7.47. The Bertz CT molecular complexity index is 239. The number of esters is 1. The second-order valence-corrected chi connectivity index (χ2v) is 3.43. The monoisotopic (exact) mass is 253 g/mol. The molecule has 0 aromatic rings. The molecule has 4 atom stereocenters. The molecular formula is C8H15NO6S. The van der Waals surface area contributed by atoms with Gasteiger partial charge < -0.3 is 25.8 Å². The summed E-state index contributed by atoms with van der Waals surface area (Å²) in [5.74, 6) is -0.903. The van der Waals surface area contributed by atoms with Gasteiger partial charge in [0.1, 0.15) is 18.2 Å². The summed E-state index contributed by atoms with van der Waals surface area (Å²) in [5.41, 5.74) is 5.27. The van der Waals surface area contributed by atoms with Crippen molar-refractivity contribution in [2.45, 2.75) is 24.4 Å². The van der Waals surface area contributed by atoms with Gasteiger partial charge in [0, 0.05) is 5.75 Å². The predicted octanol–water partition coefficient (Wildman–Crippen LogP) is -2.93. The maximum Gasteiger partial charge on any atom is 0.324 e. The molecule has 0 saturated heterocycles. The number of carbonyl (C=O) groups excluding carboxylic acids is 2. The van der Waals surface area contributed by atoms with Crippen LogP contribution in [0.4, 0.5) is 0 Å². The summed E-state index contributed by atoms with van der Waals surface area (Å²) in [7, 11) is 0. The van der Waals surface area contributed by atoms with Gasteiger partial charge in [0.2, 0.25) is 0 Å². The van der Waals surface area contributed by atoms with E-state index in [9.17, 15) is 14.7 Å². The number of carbonyl (C=O) groups is 2. The molecule has 0 radical (unpaired) electrons. The first-order valence-electron chi connectivity index (χ1n) is 4.47. The standard InChI is InChI=1S/C8H15NO6S/c9-4(3-16)8(14)15-6(2-11)7(13)5(12)1-10/h2,4-7,10,12-13,16H,1,3,9H2/t4-,5+,6-,7-/m0/s1. The van der Waals surface area contributed by atoms with E-state index in [1.165, 1.54) is 0 Å². The Morgan fingerprint density at radius 1 is 1.50 bits per heavy atom. The number of rotatable bonds is 7. The van der Waals surface area contributed by atoms with Gasteiger partial charge in [-0.15, -0.1) is 0 Å². The lowest BCUT2D eigenvalue weighted by molar-refractivity contribution is -0.164. The van der Waals surface area contributed by atoms with Crippen LogP contribution in [-0.4, -0.2) is 64.3 Å². The van der Waals surface area contributed by atoms with Crippen molar-refractivity contribution >= 4 is 24.9 Å². The summed E-state index contributed by atoms with van der Waals surface area (Å²) >= 11 is 3.75. The van der Waals surface area contributed by atoms with Crippen LogP contribution in [0.1, 0.15) is 0 Å². The molecule has 5 N–H and O–H groups in total. The minimum absolute atomic E-state index is 0.0169. The second-order valence-electron chi connectivity index (χ2n) is 3.07. The summed E-state index contributed by atoms with van der Waals surface area (Å²) in [5, 5.41) is 26.9. The van der Waals surface area contributed by atoms with E-state index in [0.29, 0.717) is 0 Å². The number of hydrogen-bond acceptors (Lipinski definition) is 8. The van der Waals surface area contributed by atoms with E-state index in [1.54, 1.807) is 0 Å². The Labute approximate surface area is 97.6 Å². The summed E-state index contributed by atoms with van der Waals surface area (Å²) in [6, 6.07) is -1.02. The van der Waals surface area contributed by atoms with Crippen LogP contribution in [0.5, 0.6) is 0 Å². The average Bonchev–Trinajstić information content (AvgIpc) is 2.32. The first-order valence-corrected chi connectivity index (χ1v) is 5.10. The van der Waals surface area contributed by atoms with Gasteiger partial charge in [-0.25, -0.2) is 0 Å². The molecule has 0 amide bonds. The molecule has 16 heavy (non-hydrogen) atoms. The molecule has 0 aromatic heterocycles. The summed E-state index contributed by atoms with van der Waals surface area (Å²) in [6.45, 7) is -0.762. The number of aliphatic hydroxyl groups excluding tert-OH is 3. The maximum atomic E-state index is 11.1. The van der Waals surface area contributed by atoms with Crippen molar-refractivity contribution in [3.8, 4) is 0 Å². The number of thiol groups is 1. The third-order valence-corrected chi connectivity index (χ3v) is 2.20. The zero-order chi connectivity index (χ0) is 12.7. The Balaban J connectivity index is 4.40. The minimum atomic E-state index is -1.70. The van der Waals surface area contributed by atoms with Crippen LogP contribution in [0, 0.1) is 0 Å². The zero-order valence-electron chi connectivity index (χ0n) is 8.39. The Hall–Kier alpha value is -0.670. The topological polar surface area (TPSA) is 130 Å². The second kappa shape index (κ2) is 7.58. The Kier molecular flexibility index (Phi) is 7.26. The smallest absolute Gasteiger partial charge is 0.324 e. The molecule has 94 valence electrons. The highest BCUT2D eigenvalue weighted by Crippen LogP contribution is 2.04. The molecule has 0 aromatic carbocycles. The Morgan fingerprint density at radius 3 is 2.44 bits per heavy atom. The van der Waals surface area contributed by atoms with Gasteiger partial charge in [0.05, 0.1) is 6.61 Å². The average molecular weight is 253 g/mol. The van der Waals surface area contributed by atoms with Crippen molar-refractivity contribution in [1.29, 1.82) is 0 Å². The van der Waals surface area contributed by atoms with Gasteiger partial charge in [-0.2, -0.15) is 12.6 Å². The largest absolute Gasteiger partial charge is 0.451 e. The number of hydrogen-bond donors (Lipinski definition) is 5. The molecule has 0 aliphatic heterocycles. The van der Waals surface area contributed by atoms with Crippen molar-refractivity contribution in [3.05, 3.63) is 0 Å². The van der Waals surface area contributed by atoms with Crippen molar-refractivity contribution in [2.24, 2.45) is 5.73 Å². The molecule has 8 heteroatoms. The van der Waals surface area contributed by atoms with Crippen LogP contribution in [0.25, 0.3) is 0 Å². The number of aliphatic hydroxyl groups is 3. The van der Waals surface area contributed by atoms with Crippen LogP contribution < -0.4 is 5.73 Å². The fourth-order valence-electron chi connectivity index (χ4n) is 0.801. The molecule has 0 spiro atoms. The molecule has 0 aliphatic rings. The third-order valence-electron chi connectivity index (χ3n) is 1.80. The molecule has 7 nitrogen and oxygen atoms in total. The predicted molar refractivity (Wildman–Crippen MR) is 56.9 cm³/mol. The summed E-state index contributed by atoms with van der Waals surface area (Å²) in [6.07, 6.45) is -4.69. The van der Waals surface area contributed by atoms with Crippen molar-refractivity contribution in [3.63, 3.8) is 0 Å². The molecule has 0 bridgehead atoms. The highest BCUT2D eigenvalue weighted by atomic mass is 32.1. The van der Waals surface area contributed by atoms with Gasteiger partial charge in [-0.3, -0.25) is 9.59 Å². The lowest BCUT2D eigenvalue weighted by Crippen LogP contribution is -2.46. The van der Waals surface area contributed by atoms with Gasteiger partial charge >= 0.3 is 5.97 Å². The number of aldehydes is 1. The Morgan fingerprint density at radius 2 is 2.06 bits per heavy atom. The third kappa shape index (κ3) is 4.45. The van der Waals surface area contributed by atoms with E-state index in [2.05, 4.69) is 17.4 Å². The van der Waals surface area contributed by atoms with Crippen LogP contribution >= 0.6 is 12.6 Å². The quantitative estimate of drug-likeness (QED) is 0.186. The van der Waals surface area contributed by atoms with Crippen LogP contribution in [0.2, 0.25) is 0 Å². The number of nitrogens with two attached hydrogens (primary N) is 1. The zero-order valence-corrected chi connectivity index (χ0v) is 9.29. The molecule has 0 fully saturated rings.